The van der Waals surface area contributed by atoms with Crippen LogP contribution < -0.4 is 10.7 Å². The zero-order valence-corrected chi connectivity index (χ0v) is 11.7. The molecule has 2 N–H and O–H groups in total. The summed E-state index contributed by atoms with van der Waals surface area (Å²) >= 11 is 0. The van der Waals surface area contributed by atoms with E-state index in [1.165, 1.54) is 18.2 Å². The number of hydrogen-bond donors (Lipinski definition) is 2. The molecule has 1 rings (SSSR count). The molecule has 2 amide bonds. The predicted molar refractivity (Wildman–Crippen MR) is 74.9 cm³/mol. The summed E-state index contributed by atoms with van der Waals surface area (Å²) in [6.45, 7) is 5.32. The Labute approximate surface area is 117 Å². The van der Waals surface area contributed by atoms with E-state index in [4.69, 9.17) is 0 Å². The molecule has 6 heteroatoms. The first-order chi connectivity index (χ1) is 9.40. The molecule has 0 heterocycles. The van der Waals surface area contributed by atoms with E-state index in [0.29, 0.717) is 5.71 Å². The first kappa shape index (κ1) is 15.8. The van der Waals surface area contributed by atoms with Crippen molar-refractivity contribution in [1.29, 1.82) is 0 Å². The zero-order chi connectivity index (χ0) is 15.1. The van der Waals surface area contributed by atoms with Crippen LogP contribution in [0, 0.1) is 5.82 Å². The first-order valence-corrected chi connectivity index (χ1v) is 6.27. The van der Waals surface area contributed by atoms with Gasteiger partial charge in [-0.1, -0.05) is 12.1 Å². The molecule has 108 valence electrons. The minimum Gasteiger partial charge on any atom is -0.354 e. The van der Waals surface area contributed by atoms with E-state index in [1.54, 1.807) is 13.0 Å². The molecule has 0 saturated carbocycles. The van der Waals surface area contributed by atoms with Crippen LogP contribution in [-0.4, -0.2) is 23.6 Å². The highest BCUT2D eigenvalue weighted by molar-refractivity contribution is 6.01. The van der Waals surface area contributed by atoms with Gasteiger partial charge < -0.3 is 5.32 Å². The molecule has 0 saturated heterocycles. The summed E-state index contributed by atoms with van der Waals surface area (Å²) in [4.78, 5) is 23.1. The fourth-order valence-electron chi connectivity index (χ4n) is 1.50. The lowest BCUT2D eigenvalue weighted by atomic mass is 10.2. The van der Waals surface area contributed by atoms with Gasteiger partial charge in [-0.05, 0) is 32.9 Å². The van der Waals surface area contributed by atoms with E-state index < -0.39 is 11.7 Å². The van der Waals surface area contributed by atoms with Crippen LogP contribution in [0.5, 0.6) is 0 Å². The second-order valence-corrected chi connectivity index (χ2v) is 4.67. The van der Waals surface area contributed by atoms with Crippen LogP contribution in [0.2, 0.25) is 0 Å². The number of hydrazone groups is 1. The van der Waals surface area contributed by atoms with E-state index in [1.807, 2.05) is 13.8 Å². The van der Waals surface area contributed by atoms with Crippen molar-refractivity contribution in [2.24, 2.45) is 5.10 Å². The topological polar surface area (TPSA) is 70.6 Å². The predicted octanol–water partition coefficient (Wildman–Crippen LogP) is 1.85. The van der Waals surface area contributed by atoms with Crippen LogP contribution >= 0.6 is 0 Å². The average Bonchev–Trinajstić information content (AvgIpc) is 2.35. The lowest BCUT2D eigenvalue weighted by molar-refractivity contribution is -0.120. The molecule has 0 radical (unpaired) electrons. The van der Waals surface area contributed by atoms with Crippen LogP contribution in [0.1, 0.15) is 37.6 Å². The van der Waals surface area contributed by atoms with Gasteiger partial charge in [0.1, 0.15) is 5.82 Å². The van der Waals surface area contributed by atoms with Crippen molar-refractivity contribution >= 4 is 17.5 Å². The summed E-state index contributed by atoms with van der Waals surface area (Å²) in [6.07, 6.45) is 0.0791. The molecule has 20 heavy (non-hydrogen) atoms. The first-order valence-electron chi connectivity index (χ1n) is 6.27. The molecule has 0 aromatic heterocycles. The largest absolute Gasteiger partial charge is 0.354 e. The molecular weight excluding hydrogens is 261 g/mol. The van der Waals surface area contributed by atoms with Crippen molar-refractivity contribution in [3.05, 3.63) is 35.6 Å². The van der Waals surface area contributed by atoms with Crippen molar-refractivity contribution in [2.75, 3.05) is 0 Å². The molecule has 0 aliphatic carbocycles. The van der Waals surface area contributed by atoms with Gasteiger partial charge in [-0.2, -0.15) is 5.10 Å². The summed E-state index contributed by atoms with van der Waals surface area (Å²) in [5, 5.41) is 6.49. The molecule has 0 aliphatic heterocycles. The van der Waals surface area contributed by atoms with Crippen LogP contribution in [0.15, 0.2) is 29.4 Å². The van der Waals surface area contributed by atoms with Crippen LogP contribution in [-0.2, 0) is 4.79 Å². The zero-order valence-electron chi connectivity index (χ0n) is 11.7. The Morgan fingerprint density at radius 2 is 1.95 bits per heavy atom. The minimum atomic E-state index is -0.647. The van der Waals surface area contributed by atoms with Crippen LogP contribution in [0.25, 0.3) is 0 Å². The Morgan fingerprint density at radius 3 is 2.55 bits per heavy atom. The molecular formula is C14H18FN3O2. The fraction of sp³-hybridized carbons (Fsp3) is 0.357. The third kappa shape index (κ3) is 5.17. The Kier molecular flexibility index (Phi) is 5.83. The smallest absolute Gasteiger partial charge is 0.274 e. The molecule has 0 atom stereocenters. The average molecular weight is 279 g/mol. The summed E-state index contributed by atoms with van der Waals surface area (Å²) in [5.41, 5.74) is 2.58. The van der Waals surface area contributed by atoms with Gasteiger partial charge in [-0.3, -0.25) is 9.59 Å². The monoisotopic (exact) mass is 279 g/mol. The lowest BCUT2D eigenvalue weighted by Gasteiger charge is -2.08. The number of carbonyl (C=O) groups is 2. The summed E-state index contributed by atoms with van der Waals surface area (Å²) in [6, 6.07) is 5.66. The standard InChI is InChI=1S/C14H18FN3O2/c1-9(2)16-13(19)8-10(3)17-18-14(20)11-6-4-5-7-12(11)15/h4-7,9H,8H2,1-3H3,(H,16,19)(H,18,20)/b17-10+. The highest BCUT2D eigenvalue weighted by Crippen LogP contribution is 2.05. The number of nitrogens with one attached hydrogen (secondary N) is 2. The van der Waals surface area contributed by atoms with Gasteiger partial charge >= 0.3 is 0 Å². The van der Waals surface area contributed by atoms with Crippen LogP contribution in [0.3, 0.4) is 0 Å². The number of amides is 2. The van der Waals surface area contributed by atoms with E-state index in [2.05, 4.69) is 15.8 Å². The van der Waals surface area contributed by atoms with Gasteiger partial charge in [-0.15, -0.1) is 0 Å². The number of carbonyl (C=O) groups excluding carboxylic acids is 2. The fourth-order valence-corrected chi connectivity index (χ4v) is 1.50. The highest BCUT2D eigenvalue weighted by Gasteiger charge is 2.10. The van der Waals surface area contributed by atoms with E-state index in [0.717, 1.165) is 0 Å². The summed E-state index contributed by atoms with van der Waals surface area (Å²) < 4.78 is 13.3. The molecule has 1 aromatic carbocycles. The van der Waals surface area contributed by atoms with Gasteiger partial charge in [0.25, 0.3) is 5.91 Å². The quantitative estimate of drug-likeness (QED) is 0.638. The van der Waals surface area contributed by atoms with Gasteiger partial charge in [0.05, 0.1) is 12.0 Å². The van der Waals surface area contributed by atoms with Crippen molar-refractivity contribution in [3.63, 3.8) is 0 Å². The maximum atomic E-state index is 13.3. The number of hydrogen-bond acceptors (Lipinski definition) is 3. The maximum Gasteiger partial charge on any atom is 0.274 e. The third-order valence-electron chi connectivity index (χ3n) is 2.33. The van der Waals surface area contributed by atoms with Gasteiger partial charge in [0.15, 0.2) is 0 Å². The molecule has 0 fully saturated rings. The van der Waals surface area contributed by atoms with Crippen molar-refractivity contribution in [1.82, 2.24) is 10.7 Å². The van der Waals surface area contributed by atoms with Gasteiger partial charge in [0, 0.05) is 11.8 Å². The van der Waals surface area contributed by atoms with E-state index in [-0.39, 0.29) is 23.9 Å². The summed E-state index contributed by atoms with van der Waals surface area (Å²) in [5.74, 6) is -1.44. The van der Waals surface area contributed by atoms with Crippen molar-refractivity contribution in [3.8, 4) is 0 Å². The number of benzene rings is 1. The SMILES string of the molecule is C/C(CC(=O)NC(C)C)=N\NC(=O)c1ccccc1F. The maximum absolute atomic E-state index is 13.3. The second-order valence-electron chi connectivity index (χ2n) is 4.67. The van der Waals surface area contributed by atoms with Crippen molar-refractivity contribution in [2.45, 2.75) is 33.2 Å². The Morgan fingerprint density at radius 1 is 1.30 bits per heavy atom. The van der Waals surface area contributed by atoms with Crippen molar-refractivity contribution < 1.29 is 14.0 Å². The normalized spacial score (nSPS) is 11.3. The van der Waals surface area contributed by atoms with Gasteiger partial charge in [-0.25, -0.2) is 9.82 Å². The van der Waals surface area contributed by atoms with E-state index >= 15 is 0 Å². The van der Waals surface area contributed by atoms with Crippen LogP contribution in [0.4, 0.5) is 4.39 Å². The number of halogens is 1. The Balaban J connectivity index is 2.57. The molecule has 0 aliphatic rings. The molecule has 0 bridgehead atoms. The van der Waals surface area contributed by atoms with Gasteiger partial charge in [0.2, 0.25) is 5.91 Å². The number of nitrogens with zero attached hydrogens (tertiary/aromatic N) is 1. The minimum absolute atomic E-state index is 0.0447. The number of rotatable bonds is 5. The van der Waals surface area contributed by atoms with E-state index in [9.17, 15) is 14.0 Å². The highest BCUT2D eigenvalue weighted by atomic mass is 19.1. The molecule has 5 nitrogen and oxygen atoms in total. The lowest BCUT2D eigenvalue weighted by Crippen LogP contribution is -2.31. The third-order valence-corrected chi connectivity index (χ3v) is 2.33. The molecule has 0 spiro atoms. The Bertz CT molecular complexity index is 527. The molecule has 1 aromatic rings. The molecule has 0 unspecified atom stereocenters. The second kappa shape index (κ2) is 7.37. The summed E-state index contributed by atoms with van der Waals surface area (Å²) in [7, 11) is 0. The Hall–Kier alpha value is -2.24.